The molecule has 0 aliphatic carbocycles. The third-order valence-corrected chi connectivity index (χ3v) is 4.74. The lowest BCUT2D eigenvalue weighted by Gasteiger charge is -2.13. The number of hydrogen-bond donors (Lipinski definition) is 4. The fraction of sp³-hybridized carbons (Fsp3) is 0.333. The van der Waals surface area contributed by atoms with Crippen LogP contribution in [-0.4, -0.2) is 28.2 Å². The standard InChI is InChI=1S/C21H27N2O7P/c1-14(2)4-3-11-29-19-10-5-15(12-18(19)20(22)24)13-23-21(25)16-6-8-17(9-7-16)30-31(26,27)28/h5-10,12,14H,3-4,11,13H2,1-2H3,(H2,22,24)(H,23,25)(H2,26,27,28). The summed E-state index contributed by atoms with van der Waals surface area (Å²) in [5.74, 6) is -0.100. The van der Waals surface area contributed by atoms with Crippen molar-refractivity contribution in [3.8, 4) is 11.5 Å². The van der Waals surface area contributed by atoms with Gasteiger partial charge in [-0.1, -0.05) is 19.9 Å². The third-order valence-electron chi connectivity index (χ3n) is 4.29. The Hall–Kier alpha value is -2.87. The van der Waals surface area contributed by atoms with Gasteiger partial charge in [0.25, 0.3) is 11.8 Å². The van der Waals surface area contributed by atoms with Crippen LogP contribution in [0.4, 0.5) is 0 Å². The van der Waals surface area contributed by atoms with Crippen LogP contribution in [0.3, 0.4) is 0 Å². The van der Waals surface area contributed by atoms with Crippen molar-refractivity contribution in [3.05, 3.63) is 59.2 Å². The van der Waals surface area contributed by atoms with Crippen LogP contribution in [0.15, 0.2) is 42.5 Å². The number of rotatable bonds is 11. The Labute approximate surface area is 180 Å². The van der Waals surface area contributed by atoms with Crippen LogP contribution in [0.25, 0.3) is 0 Å². The smallest absolute Gasteiger partial charge is 0.493 e. The minimum atomic E-state index is -4.66. The molecule has 0 saturated carbocycles. The molecular weight excluding hydrogens is 423 g/mol. The predicted molar refractivity (Wildman–Crippen MR) is 115 cm³/mol. The Balaban J connectivity index is 1.97. The molecule has 0 fully saturated rings. The largest absolute Gasteiger partial charge is 0.524 e. The number of hydrogen-bond acceptors (Lipinski definition) is 5. The summed E-state index contributed by atoms with van der Waals surface area (Å²) in [6.07, 6.45) is 1.88. The van der Waals surface area contributed by atoms with Crippen LogP contribution in [0.5, 0.6) is 11.5 Å². The second-order valence-electron chi connectivity index (χ2n) is 7.37. The Morgan fingerprint density at radius 1 is 1.13 bits per heavy atom. The van der Waals surface area contributed by atoms with Gasteiger partial charge in [0.05, 0.1) is 12.2 Å². The van der Waals surface area contributed by atoms with Crippen molar-refractivity contribution in [3.63, 3.8) is 0 Å². The number of nitrogens with two attached hydrogens (primary N) is 1. The average molecular weight is 450 g/mol. The molecule has 0 heterocycles. The number of nitrogens with one attached hydrogen (secondary N) is 1. The Bertz CT molecular complexity index is 955. The van der Waals surface area contributed by atoms with E-state index in [1.165, 1.54) is 24.3 Å². The van der Waals surface area contributed by atoms with Crippen molar-refractivity contribution in [2.45, 2.75) is 33.2 Å². The van der Waals surface area contributed by atoms with Crippen LogP contribution < -0.4 is 20.3 Å². The summed E-state index contributed by atoms with van der Waals surface area (Å²) in [6, 6.07) is 10.3. The van der Waals surface area contributed by atoms with Gasteiger partial charge in [0.1, 0.15) is 11.5 Å². The zero-order valence-corrected chi connectivity index (χ0v) is 18.3. The van der Waals surface area contributed by atoms with Gasteiger partial charge in [-0.25, -0.2) is 4.57 Å². The monoisotopic (exact) mass is 450 g/mol. The fourth-order valence-corrected chi connectivity index (χ4v) is 3.16. The van der Waals surface area contributed by atoms with Crippen molar-refractivity contribution in [1.29, 1.82) is 0 Å². The first-order valence-corrected chi connectivity index (χ1v) is 11.3. The number of phosphoric ester groups is 1. The molecule has 0 aromatic heterocycles. The summed E-state index contributed by atoms with van der Waals surface area (Å²) in [5.41, 5.74) is 6.65. The molecule has 2 aromatic carbocycles. The molecule has 0 saturated heterocycles. The Kier molecular flexibility index (Phi) is 8.62. The highest BCUT2D eigenvalue weighted by Crippen LogP contribution is 2.37. The van der Waals surface area contributed by atoms with E-state index in [1.54, 1.807) is 18.2 Å². The van der Waals surface area contributed by atoms with Crippen molar-refractivity contribution in [1.82, 2.24) is 5.32 Å². The Morgan fingerprint density at radius 2 is 1.81 bits per heavy atom. The maximum atomic E-state index is 12.3. The molecule has 0 spiro atoms. The molecule has 10 heteroatoms. The topological polar surface area (TPSA) is 148 Å². The lowest BCUT2D eigenvalue weighted by Crippen LogP contribution is -2.23. The van der Waals surface area contributed by atoms with Crippen molar-refractivity contribution < 1.29 is 33.2 Å². The van der Waals surface area contributed by atoms with E-state index >= 15 is 0 Å². The second-order valence-corrected chi connectivity index (χ2v) is 8.53. The lowest BCUT2D eigenvalue weighted by molar-refractivity contribution is 0.0950. The summed E-state index contributed by atoms with van der Waals surface area (Å²) in [7, 11) is -4.66. The zero-order chi connectivity index (χ0) is 23.0. The first-order chi connectivity index (χ1) is 14.5. The molecule has 2 aromatic rings. The molecule has 168 valence electrons. The first kappa shape index (κ1) is 24.4. The van der Waals surface area contributed by atoms with Crippen molar-refractivity contribution in [2.75, 3.05) is 6.61 Å². The van der Waals surface area contributed by atoms with Gasteiger partial charge in [-0.3, -0.25) is 19.4 Å². The molecule has 0 atom stereocenters. The molecular formula is C21H27N2O7P. The molecule has 9 nitrogen and oxygen atoms in total. The van der Waals surface area contributed by atoms with Gasteiger partial charge in [0.2, 0.25) is 0 Å². The summed E-state index contributed by atoms with van der Waals surface area (Å²) in [5, 5.41) is 2.71. The number of ether oxygens (including phenoxy) is 1. The fourth-order valence-electron chi connectivity index (χ4n) is 2.77. The number of carbonyl (C=O) groups is 2. The molecule has 2 rings (SSSR count). The van der Waals surface area contributed by atoms with E-state index in [0.29, 0.717) is 23.8 Å². The normalized spacial score (nSPS) is 11.3. The third kappa shape index (κ3) is 8.41. The molecule has 2 amide bonds. The highest BCUT2D eigenvalue weighted by Gasteiger charge is 2.16. The number of primary amides is 1. The van der Waals surface area contributed by atoms with E-state index < -0.39 is 19.6 Å². The van der Waals surface area contributed by atoms with Gasteiger partial charge >= 0.3 is 7.82 Å². The van der Waals surface area contributed by atoms with Gasteiger partial charge in [-0.05, 0) is 60.7 Å². The van der Waals surface area contributed by atoms with Gasteiger partial charge in [0.15, 0.2) is 0 Å². The highest BCUT2D eigenvalue weighted by atomic mass is 31.2. The molecule has 0 aliphatic heterocycles. The average Bonchev–Trinajstić information content (AvgIpc) is 2.69. The Morgan fingerprint density at radius 3 is 2.39 bits per heavy atom. The van der Waals surface area contributed by atoms with Crippen LogP contribution in [0.1, 0.15) is 53.0 Å². The molecule has 0 unspecified atom stereocenters. The van der Waals surface area contributed by atoms with E-state index in [2.05, 4.69) is 23.7 Å². The SMILES string of the molecule is CC(C)CCCOc1ccc(CNC(=O)c2ccc(OP(=O)(O)O)cc2)cc1C(N)=O. The van der Waals surface area contributed by atoms with Crippen molar-refractivity contribution >= 4 is 19.6 Å². The van der Waals surface area contributed by atoms with Gasteiger partial charge in [-0.2, -0.15) is 0 Å². The minimum Gasteiger partial charge on any atom is -0.493 e. The number of carbonyl (C=O) groups excluding carboxylic acids is 2. The quantitative estimate of drug-likeness (QED) is 0.304. The molecule has 0 aliphatic rings. The molecule has 0 bridgehead atoms. The second kappa shape index (κ2) is 10.9. The van der Waals surface area contributed by atoms with Crippen LogP contribution in [-0.2, 0) is 11.1 Å². The highest BCUT2D eigenvalue weighted by molar-refractivity contribution is 7.46. The maximum absolute atomic E-state index is 12.3. The van der Waals surface area contributed by atoms with Gasteiger partial charge < -0.3 is 20.3 Å². The number of benzene rings is 2. The first-order valence-electron chi connectivity index (χ1n) is 9.74. The van der Waals surface area contributed by atoms with E-state index in [4.69, 9.17) is 20.3 Å². The summed E-state index contributed by atoms with van der Waals surface area (Å²) < 4.78 is 21.0. The number of phosphoric acid groups is 1. The van der Waals surface area contributed by atoms with Crippen LogP contribution in [0.2, 0.25) is 0 Å². The predicted octanol–water partition coefficient (Wildman–Crippen LogP) is 3.00. The van der Waals surface area contributed by atoms with Crippen LogP contribution in [0, 0.1) is 5.92 Å². The number of amides is 2. The van der Waals surface area contributed by atoms with E-state index in [9.17, 15) is 14.2 Å². The summed E-state index contributed by atoms with van der Waals surface area (Å²) in [6.45, 7) is 4.88. The summed E-state index contributed by atoms with van der Waals surface area (Å²) >= 11 is 0. The molecule has 5 N–H and O–H groups in total. The molecule has 0 radical (unpaired) electrons. The van der Waals surface area contributed by atoms with Crippen molar-refractivity contribution in [2.24, 2.45) is 11.7 Å². The lowest BCUT2D eigenvalue weighted by atomic mass is 10.1. The minimum absolute atomic E-state index is 0.0556. The van der Waals surface area contributed by atoms with E-state index in [0.717, 1.165) is 12.8 Å². The van der Waals surface area contributed by atoms with Gasteiger partial charge in [-0.15, -0.1) is 0 Å². The van der Waals surface area contributed by atoms with E-state index in [1.807, 2.05) is 0 Å². The van der Waals surface area contributed by atoms with Crippen LogP contribution >= 0.6 is 7.82 Å². The zero-order valence-electron chi connectivity index (χ0n) is 17.4. The van der Waals surface area contributed by atoms with E-state index in [-0.39, 0.29) is 23.4 Å². The maximum Gasteiger partial charge on any atom is 0.524 e. The van der Waals surface area contributed by atoms with Gasteiger partial charge in [0, 0.05) is 12.1 Å². The summed E-state index contributed by atoms with van der Waals surface area (Å²) in [4.78, 5) is 41.7. The molecule has 31 heavy (non-hydrogen) atoms.